The molecule has 6 aliphatic rings. The lowest BCUT2D eigenvalue weighted by Crippen LogP contribution is -2.51. The van der Waals surface area contributed by atoms with Gasteiger partial charge >= 0.3 is 18.1 Å². The first-order valence-corrected chi connectivity index (χ1v) is 37.4. The van der Waals surface area contributed by atoms with Gasteiger partial charge in [-0.3, -0.25) is 29.4 Å². The molecule has 6 aromatic carbocycles. The van der Waals surface area contributed by atoms with Gasteiger partial charge in [0.2, 0.25) is 0 Å². The van der Waals surface area contributed by atoms with Crippen LogP contribution in [0.4, 0.5) is 66.0 Å². The second-order valence-corrected chi connectivity index (χ2v) is 29.8. The summed E-state index contributed by atoms with van der Waals surface area (Å²) in [4.78, 5) is 92.7. The SMILES string of the molecule is COc1cc(N2CCN(C)CC2)ccc1Cc1ncc2c(n1)N(C)C(=O)N(c1c(C)cccc1Cl)C2.Cc1cccc(Cl)c1N1Cc2cnc(Cc3ccc(N4CCN(C)CC4)cc3)nc2N(C(C)C)C1=O.Cc1cccc(Cl)c1N1Cc2cnc(Cc3ccc(N4CCN(C)CC4)cc3)nc2N(C)C1=O. The van der Waals surface area contributed by atoms with Crippen molar-refractivity contribution in [3.8, 4) is 5.75 Å². The molecular formula is C81H93Cl3N18O4. The van der Waals surface area contributed by atoms with Gasteiger partial charge in [-0.15, -0.1) is 0 Å². The first kappa shape index (κ1) is 74.6. The Morgan fingerprint density at radius 2 is 0.755 bits per heavy atom. The molecule has 6 amide bonds. The summed E-state index contributed by atoms with van der Waals surface area (Å²) in [7, 11) is 11.7. The number of amides is 6. The number of benzene rings is 6. The largest absolute Gasteiger partial charge is 0.496 e. The molecule has 9 aromatic rings. The summed E-state index contributed by atoms with van der Waals surface area (Å²) in [5.74, 6) is 4.84. The van der Waals surface area contributed by atoms with Gasteiger partial charge in [0.1, 0.15) is 40.7 Å². The number of halogens is 3. The van der Waals surface area contributed by atoms with Gasteiger partial charge in [-0.05, 0) is 132 Å². The van der Waals surface area contributed by atoms with Crippen LogP contribution in [0, 0.1) is 20.8 Å². The molecule has 0 saturated carbocycles. The topological polar surface area (TPSA) is 177 Å². The Balaban J connectivity index is 0.000000141. The van der Waals surface area contributed by atoms with Crippen molar-refractivity contribution in [2.45, 2.75) is 79.6 Å². The Hall–Kier alpha value is -9.68. The summed E-state index contributed by atoms with van der Waals surface area (Å²) in [5, 5.41) is 1.67. The van der Waals surface area contributed by atoms with Crippen LogP contribution in [0.1, 0.15) is 81.4 Å². The maximum Gasteiger partial charge on any atom is 0.330 e. The first-order valence-electron chi connectivity index (χ1n) is 36.2. The lowest BCUT2D eigenvalue weighted by atomic mass is 10.1. The average Bonchev–Trinajstić information content (AvgIpc) is 0.776. The Labute approximate surface area is 637 Å². The van der Waals surface area contributed by atoms with Crippen LogP contribution in [0.3, 0.4) is 0 Å². The highest BCUT2D eigenvalue weighted by molar-refractivity contribution is 6.35. The molecule has 15 rings (SSSR count). The van der Waals surface area contributed by atoms with Crippen LogP contribution in [-0.2, 0) is 38.9 Å². The molecule has 3 fully saturated rings. The van der Waals surface area contributed by atoms with Crippen molar-refractivity contribution < 1.29 is 19.1 Å². The van der Waals surface area contributed by atoms with Gasteiger partial charge in [0, 0.05) is 182 Å². The van der Waals surface area contributed by atoms with E-state index < -0.39 is 0 Å². The number of hydrogen-bond acceptors (Lipinski definition) is 16. The van der Waals surface area contributed by atoms with E-state index in [1.54, 1.807) is 62.7 Å². The van der Waals surface area contributed by atoms with Gasteiger partial charge in [-0.2, -0.15) is 0 Å². The molecule has 0 aliphatic carbocycles. The van der Waals surface area contributed by atoms with E-state index in [0.29, 0.717) is 88.9 Å². The highest BCUT2D eigenvalue weighted by Gasteiger charge is 2.38. The molecule has 22 nitrogen and oxygen atoms in total. The molecule has 552 valence electrons. The molecular weight excluding hydrogens is 1400 g/mol. The van der Waals surface area contributed by atoms with E-state index in [9.17, 15) is 14.4 Å². The molecule has 106 heavy (non-hydrogen) atoms. The molecule has 6 aliphatic heterocycles. The molecule has 25 heteroatoms. The van der Waals surface area contributed by atoms with Gasteiger partial charge in [0.25, 0.3) is 0 Å². The molecule has 0 unspecified atom stereocenters. The van der Waals surface area contributed by atoms with Crippen molar-refractivity contribution in [2.24, 2.45) is 0 Å². The summed E-state index contributed by atoms with van der Waals surface area (Å²) in [5.41, 5.74) is 14.7. The Kier molecular flexibility index (Phi) is 22.9. The standard InChI is InChI=1S/C28H33ClN6O.C27H31ClN6O2.C26H29ClN6O/c1-19(2)35-27-22(18-34(28(35)36)26-20(3)6-5-7-24(26)29)17-30-25(31-27)16-21-8-10-23(11-9-21)33-14-12-32(4)13-15-33;1-18-6-5-7-22(28)25(18)34-17-20-16-29-24(30-26(20)32(3)27(34)35)14-19-8-9-21(15-23(19)36-4)33-12-10-31(2)11-13-33;1-18-5-4-6-22(27)24(18)33-17-20-16-28-23(29-25(20)31(3)26(33)34)15-19-7-9-21(10-8-19)32-13-11-30(2)12-14-32/h5-11,17,19H,12-16,18H2,1-4H3;5-9,15-16H,10-14,17H2,1-4H3;4-10,16H,11-15,17H2,1-3H3. The third-order valence-electron chi connectivity index (χ3n) is 20.7. The molecule has 0 radical (unpaired) electrons. The van der Waals surface area contributed by atoms with Crippen LogP contribution in [0.2, 0.25) is 15.1 Å². The number of ether oxygens (including phenoxy) is 1. The number of nitrogens with zero attached hydrogens (tertiary/aromatic N) is 18. The predicted molar refractivity (Wildman–Crippen MR) is 427 cm³/mol. The van der Waals surface area contributed by atoms with Crippen molar-refractivity contribution in [3.63, 3.8) is 0 Å². The first-order chi connectivity index (χ1) is 51.1. The Bertz CT molecular complexity index is 4620. The smallest absolute Gasteiger partial charge is 0.330 e. The van der Waals surface area contributed by atoms with Crippen molar-refractivity contribution in [1.29, 1.82) is 0 Å². The molecule has 0 spiro atoms. The summed E-state index contributed by atoms with van der Waals surface area (Å²) in [6.07, 6.45) is 7.24. The average molecular weight is 1490 g/mol. The van der Waals surface area contributed by atoms with Crippen molar-refractivity contribution >= 4 is 104 Å². The van der Waals surface area contributed by atoms with Gasteiger partial charge < -0.3 is 34.1 Å². The number of piperazine rings is 3. The van der Waals surface area contributed by atoms with E-state index >= 15 is 0 Å². The second kappa shape index (κ2) is 32.6. The monoisotopic (exact) mass is 1490 g/mol. The van der Waals surface area contributed by atoms with Crippen LogP contribution >= 0.6 is 34.8 Å². The van der Waals surface area contributed by atoms with E-state index in [1.807, 2.05) is 95.7 Å². The van der Waals surface area contributed by atoms with Gasteiger partial charge in [0.05, 0.1) is 58.9 Å². The lowest BCUT2D eigenvalue weighted by molar-refractivity contribution is 0.248. The number of aromatic nitrogens is 6. The normalized spacial score (nSPS) is 16.6. The third kappa shape index (κ3) is 16.3. The third-order valence-corrected chi connectivity index (χ3v) is 21.6. The fraction of sp³-hybridized carbons (Fsp3) is 0.370. The van der Waals surface area contributed by atoms with Crippen molar-refractivity contribution in [1.82, 2.24) is 44.6 Å². The van der Waals surface area contributed by atoms with E-state index in [4.69, 9.17) is 54.5 Å². The number of likely N-dealkylation sites (N-methyl/N-ethyl adjacent to an activating group) is 3. The molecule has 0 bridgehead atoms. The number of hydrogen-bond donors (Lipinski definition) is 0. The number of urea groups is 3. The summed E-state index contributed by atoms with van der Waals surface area (Å²) >= 11 is 19.4. The molecule has 9 heterocycles. The number of aryl methyl sites for hydroxylation is 3. The number of rotatable bonds is 14. The molecule has 0 atom stereocenters. The van der Waals surface area contributed by atoms with Crippen LogP contribution in [0.5, 0.6) is 5.75 Å². The predicted octanol–water partition coefficient (Wildman–Crippen LogP) is 13.9. The number of anilines is 9. The minimum atomic E-state index is -0.169. The van der Waals surface area contributed by atoms with Gasteiger partial charge in [-0.25, -0.2) is 44.3 Å². The highest BCUT2D eigenvalue weighted by Crippen LogP contribution is 2.41. The van der Waals surface area contributed by atoms with Crippen LogP contribution in [0.15, 0.2) is 140 Å². The zero-order chi connectivity index (χ0) is 74.6. The number of carbonyl (C=O) groups excluding carboxylic acids is 3. The zero-order valence-corrected chi connectivity index (χ0v) is 64.7. The summed E-state index contributed by atoms with van der Waals surface area (Å²) in [6.45, 7) is 23.7. The summed E-state index contributed by atoms with van der Waals surface area (Å²) in [6, 6.07) is 40.1. The number of carbonyl (C=O) groups is 3. The molecule has 3 saturated heterocycles. The van der Waals surface area contributed by atoms with Crippen LogP contribution in [-0.4, -0.2) is 190 Å². The van der Waals surface area contributed by atoms with Crippen LogP contribution < -0.4 is 48.8 Å². The number of para-hydroxylation sites is 3. The Morgan fingerprint density at radius 3 is 1.12 bits per heavy atom. The number of methoxy groups -OCH3 is 1. The maximum atomic E-state index is 13.6. The van der Waals surface area contributed by atoms with Gasteiger partial charge in [0.15, 0.2) is 0 Å². The highest BCUT2D eigenvalue weighted by atomic mass is 35.5. The fourth-order valence-corrected chi connectivity index (χ4v) is 15.5. The molecule has 0 N–H and O–H groups in total. The summed E-state index contributed by atoms with van der Waals surface area (Å²) < 4.78 is 5.73. The van der Waals surface area contributed by atoms with E-state index in [0.717, 1.165) is 157 Å². The quantitative estimate of drug-likeness (QED) is 0.100. The fourth-order valence-electron chi connectivity index (χ4n) is 14.5. The lowest BCUT2D eigenvalue weighted by Gasteiger charge is -2.39. The van der Waals surface area contributed by atoms with E-state index in [2.05, 4.69) is 132 Å². The zero-order valence-electron chi connectivity index (χ0n) is 62.4. The maximum absolute atomic E-state index is 13.6. The molecule has 3 aromatic heterocycles. The van der Waals surface area contributed by atoms with Gasteiger partial charge in [-0.1, -0.05) is 102 Å². The van der Waals surface area contributed by atoms with Crippen molar-refractivity contribution in [2.75, 3.05) is 165 Å². The van der Waals surface area contributed by atoms with E-state index in [-0.39, 0.29) is 24.1 Å². The number of fused-ring (bicyclic) bond motifs is 3. The van der Waals surface area contributed by atoms with Crippen LogP contribution in [0.25, 0.3) is 0 Å². The van der Waals surface area contributed by atoms with Crippen molar-refractivity contribution in [3.05, 3.63) is 223 Å². The minimum Gasteiger partial charge on any atom is -0.496 e. The second-order valence-electron chi connectivity index (χ2n) is 28.5. The Morgan fingerprint density at radius 1 is 0.415 bits per heavy atom. The van der Waals surface area contributed by atoms with E-state index in [1.165, 1.54) is 11.4 Å². The minimum absolute atomic E-state index is 0.0625.